The molecular weight excluding hydrogens is 280 g/mol. The molecule has 4 nitrogen and oxygen atoms in total. The van der Waals surface area contributed by atoms with Crippen molar-refractivity contribution < 1.29 is 23.0 Å². The lowest BCUT2D eigenvalue weighted by atomic mass is 10.2. The second-order valence-electron chi connectivity index (χ2n) is 4.53. The molecular formula is C15H21F2NO3. The number of esters is 1. The van der Waals surface area contributed by atoms with Crippen LogP contribution in [0.1, 0.15) is 32.3 Å². The van der Waals surface area contributed by atoms with Crippen LogP contribution in [0.15, 0.2) is 12.1 Å². The summed E-state index contributed by atoms with van der Waals surface area (Å²) in [6.07, 6.45) is 1.64. The molecule has 0 fully saturated rings. The third-order valence-electron chi connectivity index (χ3n) is 2.73. The first-order chi connectivity index (χ1) is 10.1. The van der Waals surface area contributed by atoms with Gasteiger partial charge in [-0.25, -0.2) is 13.6 Å². The zero-order valence-corrected chi connectivity index (χ0v) is 12.4. The Morgan fingerprint density at radius 2 is 1.90 bits per heavy atom. The van der Waals surface area contributed by atoms with Gasteiger partial charge in [-0.05, 0) is 30.7 Å². The SMILES string of the molecule is CCCCOC(=O)COc1c(F)cc(CNCC)cc1F. The van der Waals surface area contributed by atoms with E-state index >= 15 is 0 Å². The van der Waals surface area contributed by atoms with E-state index in [0.717, 1.165) is 12.8 Å². The molecule has 0 bridgehead atoms. The van der Waals surface area contributed by atoms with Crippen LogP contribution in [0.3, 0.4) is 0 Å². The molecule has 0 spiro atoms. The molecule has 1 aromatic carbocycles. The summed E-state index contributed by atoms with van der Waals surface area (Å²) in [4.78, 5) is 11.3. The first-order valence-corrected chi connectivity index (χ1v) is 7.05. The predicted octanol–water partition coefficient (Wildman–Crippen LogP) is 2.80. The van der Waals surface area contributed by atoms with Crippen LogP contribution >= 0.6 is 0 Å². The summed E-state index contributed by atoms with van der Waals surface area (Å²) in [7, 11) is 0. The third kappa shape index (κ3) is 6.08. The van der Waals surface area contributed by atoms with Crippen LogP contribution in [0, 0.1) is 11.6 Å². The Kier molecular flexibility index (Phi) is 7.68. The molecule has 0 aliphatic rings. The number of carbonyl (C=O) groups is 1. The molecule has 1 aromatic rings. The summed E-state index contributed by atoms with van der Waals surface area (Å²) in [5.74, 6) is -2.85. The molecule has 0 aliphatic heterocycles. The highest BCUT2D eigenvalue weighted by atomic mass is 19.1. The van der Waals surface area contributed by atoms with Crippen LogP contribution in [-0.2, 0) is 16.1 Å². The molecule has 0 unspecified atom stereocenters. The first kappa shape index (κ1) is 17.4. The summed E-state index contributed by atoms with van der Waals surface area (Å²) in [6, 6.07) is 2.37. The molecule has 6 heteroatoms. The van der Waals surface area contributed by atoms with Crippen molar-refractivity contribution >= 4 is 5.97 Å². The summed E-state index contributed by atoms with van der Waals surface area (Å²) >= 11 is 0. The molecule has 21 heavy (non-hydrogen) atoms. The van der Waals surface area contributed by atoms with Crippen molar-refractivity contribution in [3.05, 3.63) is 29.3 Å². The lowest BCUT2D eigenvalue weighted by molar-refractivity contribution is -0.146. The van der Waals surface area contributed by atoms with Gasteiger partial charge in [0.25, 0.3) is 0 Å². The molecule has 1 N–H and O–H groups in total. The minimum Gasteiger partial charge on any atom is -0.476 e. The minimum atomic E-state index is -0.829. The van der Waals surface area contributed by atoms with Crippen LogP contribution in [0.5, 0.6) is 5.75 Å². The first-order valence-electron chi connectivity index (χ1n) is 7.05. The minimum absolute atomic E-state index is 0.283. The summed E-state index contributed by atoms with van der Waals surface area (Å²) in [5.41, 5.74) is 0.477. The second-order valence-corrected chi connectivity index (χ2v) is 4.53. The van der Waals surface area contributed by atoms with E-state index in [2.05, 4.69) is 5.32 Å². The maximum atomic E-state index is 13.8. The Labute approximate surface area is 123 Å². The van der Waals surface area contributed by atoms with Crippen molar-refractivity contribution in [3.8, 4) is 5.75 Å². The normalized spacial score (nSPS) is 10.5. The largest absolute Gasteiger partial charge is 0.476 e. The van der Waals surface area contributed by atoms with Crippen molar-refractivity contribution in [1.29, 1.82) is 0 Å². The second kappa shape index (κ2) is 9.28. The summed E-state index contributed by atoms with van der Waals surface area (Å²) in [5, 5.41) is 2.97. The van der Waals surface area contributed by atoms with Gasteiger partial charge in [-0.3, -0.25) is 0 Å². The number of halogens is 2. The highest BCUT2D eigenvalue weighted by molar-refractivity contribution is 5.71. The number of carbonyl (C=O) groups excluding carboxylic acids is 1. The van der Waals surface area contributed by atoms with E-state index in [4.69, 9.17) is 9.47 Å². The van der Waals surface area contributed by atoms with Crippen LogP contribution in [0.2, 0.25) is 0 Å². The maximum absolute atomic E-state index is 13.8. The molecule has 0 saturated carbocycles. The van der Waals surface area contributed by atoms with E-state index in [9.17, 15) is 13.6 Å². The Hall–Kier alpha value is -1.69. The number of hydrogen-bond donors (Lipinski definition) is 1. The highest BCUT2D eigenvalue weighted by Crippen LogP contribution is 2.23. The van der Waals surface area contributed by atoms with Gasteiger partial charge in [0.1, 0.15) is 0 Å². The van der Waals surface area contributed by atoms with Gasteiger partial charge in [0.2, 0.25) is 0 Å². The smallest absolute Gasteiger partial charge is 0.344 e. The summed E-state index contributed by atoms with van der Waals surface area (Å²) < 4.78 is 37.2. The van der Waals surface area contributed by atoms with Crippen LogP contribution in [-0.4, -0.2) is 25.7 Å². The lowest BCUT2D eigenvalue weighted by Gasteiger charge is -2.10. The molecule has 0 atom stereocenters. The number of benzene rings is 1. The van der Waals surface area contributed by atoms with Gasteiger partial charge in [0, 0.05) is 6.54 Å². The molecule has 1 rings (SSSR count). The maximum Gasteiger partial charge on any atom is 0.344 e. The lowest BCUT2D eigenvalue weighted by Crippen LogP contribution is -2.17. The number of unbranched alkanes of at least 4 members (excludes halogenated alkanes) is 1. The molecule has 118 valence electrons. The molecule has 0 radical (unpaired) electrons. The topological polar surface area (TPSA) is 47.6 Å². The van der Waals surface area contributed by atoms with Crippen LogP contribution < -0.4 is 10.1 Å². The zero-order chi connectivity index (χ0) is 15.7. The quantitative estimate of drug-likeness (QED) is 0.563. The van der Waals surface area contributed by atoms with Crippen molar-refractivity contribution in [1.82, 2.24) is 5.32 Å². The fourth-order valence-electron chi connectivity index (χ4n) is 1.62. The standard InChI is InChI=1S/C15H21F2NO3/c1-3-5-6-20-14(19)10-21-15-12(16)7-11(8-13(15)17)9-18-4-2/h7-8,18H,3-6,9-10H2,1-2H3. The van der Waals surface area contributed by atoms with Crippen molar-refractivity contribution in [2.45, 2.75) is 33.2 Å². The van der Waals surface area contributed by atoms with Gasteiger partial charge in [-0.2, -0.15) is 0 Å². The van der Waals surface area contributed by atoms with Gasteiger partial charge in [-0.15, -0.1) is 0 Å². The van der Waals surface area contributed by atoms with Crippen molar-refractivity contribution in [3.63, 3.8) is 0 Å². The Balaban J connectivity index is 2.57. The molecule has 0 amide bonds. The Morgan fingerprint density at radius 1 is 1.24 bits per heavy atom. The van der Waals surface area contributed by atoms with Gasteiger partial charge in [0.15, 0.2) is 24.0 Å². The van der Waals surface area contributed by atoms with E-state index in [1.807, 2.05) is 13.8 Å². The predicted molar refractivity (Wildman–Crippen MR) is 75.1 cm³/mol. The average molecular weight is 301 g/mol. The van der Waals surface area contributed by atoms with Crippen molar-refractivity contribution in [2.24, 2.45) is 0 Å². The average Bonchev–Trinajstić information content (AvgIpc) is 2.44. The summed E-state index contributed by atoms with van der Waals surface area (Å²) in [6.45, 7) is 4.70. The van der Waals surface area contributed by atoms with Crippen LogP contribution in [0.25, 0.3) is 0 Å². The van der Waals surface area contributed by atoms with Gasteiger partial charge < -0.3 is 14.8 Å². The fourth-order valence-corrected chi connectivity index (χ4v) is 1.62. The highest BCUT2D eigenvalue weighted by Gasteiger charge is 2.14. The van der Waals surface area contributed by atoms with Crippen LogP contribution in [0.4, 0.5) is 8.78 Å². The van der Waals surface area contributed by atoms with E-state index in [-0.39, 0.29) is 6.61 Å². The molecule has 0 aromatic heterocycles. The Bertz CT molecular complexity index is 443. The number of rotatable bonds is 9. The fraction of sp³-hybridized carbons (Fsp3) is 0.533. The third-order valence-corrected chi connectivity index (χ3v) is 2.73. The van der Waals surface area contributed by atoms with Gasteiger partial charge >= 0.3 is 5.97 Å². The van der Waals surface area contributed by atoms with E-state index in [1.165, 1.54) is 12.1 Å². The van der Waals surface area contributed by atoms with E-state index in [0.29, 0.717) is 18.7 Å². The Morgan fingerprint density at radius 3 is 2.48 bits per heavy atom. The molecule has 0 saturated heterocycles. The number of hydrogen-bond acceptors (Lipinski definition) is 4. The van der Waals surface area contributed by atoms with Gasteiger partial charge in [0.05, 0.1) is 6.61 Å². The monoisotopic (exact) mass is 301 g/mol. The van der Waals surface area contributed by atoms with Crippen molar-refractivity contribution in [2.75, 3.05) is 19.8 Å². The number of nitrogens with one attached hydrogen (secondary N) is 1. The zero-order valence-electron chi connectivity index (χ0n) is 12.4. The van der Waals surface area contributed by atoms with E-state index < -0.39 is 30.0 Å². The molecule has 0 aliphatic carbocycles. The molecule has 0 heterocycles. The van der Waals surface area contributed by atoms with Gasteiger partial charge in [-0.1, -0.05) is 20.3 Å². The van der Waals surface area contributed by atoms with E-state index in [1.54, 1.807) is 0 Å². The number of ether oxygens (including phenoxy) is 2.